The molecule has 0 spiro atoms. The molecule has 1 aliphatic heterocycles. The van der Waals surface area contributed by atoms with Gasteiger partial charge in [-0.25, -0.2) is 0 Å². The molecule has 0 amide bonds. The Hall–Kier alpha value is -3.23. The maximum atomic E-state index is 6.31. The second-order valence-corrected chi connectivity index (χ2v) is 13.9. The third-order valence-corrected chi connectivity index (χ3v) is 9.03. The van der Waals surface area contributed by atoms with E-state index in [-0.39, 0.29) is 32.5 Å². The second kappa shape index (κ2) is 12.3. The Morgan fingerprint density at radius 1 is 0.886 bits per heavy atom. The van der Waals surface area contributed by atoms with Gasteiger partial charge < -0.3 is 14.3 Å². The van der Waals surface area contributed by atoms with Crippen molar-refractivity contribution in [3.8, 4) is 16.9 Å². The average molecular weight is 765 g/mol. The first kappa shape index (κ1) is 32.2. The van der Waals surface area contributed by atoms with Crippen LogP contribution < -0.4 is 0 Å². The molecule has 3 heterocycles. The topological polar surface area (TPSA) is 39.4 Å². The molecule has 2 aromatic heterocycles. The number of pyridine rings is 1. The van der Waals surface area contributed by atoms with E-state index < -0.39 is 0 Å². The number of nitrogens with zero attached hydrogens (tertiary/aromatic N) is 3. The largest absolute Gasteiger partial charge is 2.00 e. The van der Waals surface area contributed by atoms with E-state index in [1.165, 1.54) is 10.9 Å². The van der Waals surface area contributed by atoms with Gasteiger partial charge in [-0.1, -0.05) is 97.5 Å². The Kier molecular flexibility index (Phi) is 8.98. The Morgan fingerprint density at radius 2 is 1.61 bits per heavy atom. The number of aliphatic imine (C=N–C) groups is 1. The predicted octanol–water partition coefficient (Wildman–Crippen LogP) is 9.43. The molecule has 1 aliphatic rings. The Bertz CT molecular complexity index is 1850. The van der Waals surface area contributed by atoms with Gasteiger partial charge in [0.2, 0.25) is 0 Å². The van der Waals surface area contributed by atoms with Crippen molar-refractivity contribution in [2.45, 2.75) is 73.8 Å². The van der Waals surface area contributed by atoms with Crippen LogP contribution in [0.4, 0.5) is 0 Å². The smallest absolute Gasteiger partial charge is 0.518 e. The first-order valence-corrected chi connectivity index (χ1v) is 15.6. The number of benzene rings is 3. The summed E-state index contributed by atoms with van der Waals surface area (Å²) >= 11 is 0. The molecular weight excluding hydrogens is 722 g/mol. The van der Waals surface area contributed by atoms with Gasteiger partial charge >= 0.3 is 21.1 Å². The quantitative estimate of drug-likeness (QED) is 0.162. The number of para-hydroxylation sites is 1. The van der Waals surface area contributed by atoms with E-state index in [2.05, 4.69) is 134 Å². The zero-order valence-corrected chi connectivity index (χ0v) is 29.6. The molecule has 0 bridgehead atoms. The van der Waals surface area contributed by atoms with Gasteiger partial charge in [0.05, 0.1) is 12.6 Å². The van der Waals surface area contributed by atoms with Crippen molar-refractivity contribution in [1.29, 1.82) is 0 Å². The first-order valence-electron chi connectivity index (χ1n) is 15.6. The molecule has 44 heavy (non-hydrogen) atoms. The van der Waals surface area contributed by atoms with Gasteiger partial charge in [-0.15, -0.1) is 47.0 Å². The number of aromatic nitrogens is 2. The van der Waals surface area contributed by atoms with Crippen molar-refractivity contribution in [1.82, 2.24) is 9.55 Å². The van der Waals surface area contributed by atoms with Gasteiger partial charge in [0.15, 0.2) is 0 Å². The summed E-state index contributed by atoms with van der Waals surface area (Å²) in [4.78, 5) is 9.91. The molecule has 0 aliphatic carbocycles. The summed E-state index contributed by atoms with van der Waals surface area (Å²) in [6.07, 6.45) is 1.91. The van der Waals surface area contributed by atoms with Crippen molar-refractivity contribution in [3.63, 3.8) is 0 Å². The minimum Gasteiger partial charge on any atom is -0.518 e. The van der Waals surface area contributed by atoms with Crippen LogP contribution in [0.15, 0.2) is 65.8 Å². The van der Waals surface area contributed by atoms with Gasteiger partial charge in [-0.3, -0.25) is 4.99 Å². The van der Waals surface area contributed by atoms with E-state index in [0.29, 0.717) is 30.3 Å². The average Bonchev–Trinajstić information content (AvgIpc) is 3.55. The van der Waals surface area contributed by atoms with Crippen molar-refractivity contribution in [2.24, 2.45) is 22.7 Å². The summed E-state index contributed by atoms with van der Waals surface area (Å²) in [5.41, 5.74) is 9.56. The standard InChI is InChI=1S/C39H43N3O.Pt/c1-23(2)37(24(3)4)33-22-43-38(41-33)31-21-35(26(6)18-25(31)5)42-34-13-11-10-12-29(34)30-15-14-27(19-36(30)42)32-20-28(16-17-40-32)39(7,8)9;/h10-18,20,23-24,33,37H,22H2,1-9H3;/q-2;+2/t33-;/m0./s1. The van der Waals surface area contributed by atoms with Crippen LogP contribution in [0.2, 0.25) is 0 Å². The van der Waals surface area contributed by atoms with E-state index in [1.54, 1.807) is 0 Å². The minimum absolute atomic E-state index is 0. The normalized spacial score (nSPS) is 15.4. The minimum atomic E-state index is 0. The van der Waals surface area contributed by atoms with E-state index >= 15 is 0 Å². The van der Waals surface area contributed by atoms with Crippen LogP contribution in [-0.2, 0) is 31.2 Å². The van der Waals surface area contributed by atoms with Gasteiger partial charge in [0.25, 0.3) is 0 Å². The van der Waals surface area contributed by atoms with Gasteiger partial charge in [-0.05, 0) is 63.1 Å². The summed E-state index contributed by atoms with van der Waals surface area (Å²) in [5.74, 6) is 2.26. The summed E-state index contributed by atoms with van der Waals surface area (Å²) in [6.45, 7) is 20.8. The van der Waals surface area contributed by atoms with Gasteiger partial charge in [-0.2, -0.15) is 0 Å². The Balaban J connectivity index is 0.00000384. The molecule has 3 aromatic carbocycles. The fourth-order valence-electron chi connectivity index (χ4n) is 6.94. The summed E-state index contributed by atoms with van der Waals surface area (Å²) in [7, 11) is 0. The molecule has 6 rings (SSSR count). The van der Waals surface area contributed by atoms with Gasteiger partial charge in [0, 0.05) is 11.7 Å². The van der Waals surface area contributed by atoms with Crippen LogP contribution in [0.1, 0.15) is 70.7 Å². The van der Waals surface area contributed by atoms with Crippen LogP contribution in [0.3, 0.4) is 0 Å². The number of rotatable bonds is 6. The molecule has 5 heteroatoms. The van der Waals surface area contributed by atoms with Crippen LogP contribution in [0.5, 0.6) is 0 Å². The van der Waals surface area contributed by atoms with Crippen LogP contribution in [0, 0.1) is 43.7 Å². The molecule has 1 atom stereocenters. The number of aryl methyl sites for hydroxylation is 2. The molecule has 0 unspecified atom stereocenters. The summed E-state index contributed by atoms with van der Waals surface area (Å²) in [5, 5.41) is 2.35. The maximum Gasteiger partial charge on any atom is 2.00 e. The first-order chi connectivity index (χ1) is 20.4. The zero-order chi connectivity index (χ0) is 30.6. The molecular formula is C39H43N3OPt. The Labute approximate surface area is 277 Å². The summed E-state index contributed by atoms with van der Waals surface area (Å²) in [6, 6.07) is 27.2. The fourth-order valence-corrected chi connectivity index (χ4v) is 6.94. The molecule has 0 saturated carbocycles. The molecule has 4 nitrogen and oxygen atoms in total. The third kappa shape index (κ3) is 5.79. The van der Waals surface area contributed by atoms with E-state index in [1.807, 2.05) is 6.20 Å². The molecule has 0 N–H and O–H groups in total. The van der Waals surface area contributed by atoms with Crippen molar-refractivity contribution < 1.29 is 25.8 Å². The maximum absolute atomic E-state index is 6.31. The van der Waals surface area contributed by atoms with Crippen LogP contribution in [-0.4, -0.2) is 28.1 Å². The predicted molar refractivity (Wildman–Crippen MR) is 179 cm³/mol. The van der Waals surface area contributed by atoms with Crippen LogP contribution >= 0.6 is 0 Å². The van der Waals surface area contributed by atoms with Gasteiger partial charge in [0.1, 0.15) is 5.90 Å². The van der Waals surface area contributed by atoms with Crippen molar-refractivity contribution in [3.05, 3.63) is 95.2 Å². The van der Waals surface area contributed by atoms with E-state index in [9.17, 15) is 0 Å². The van der Waals surface area contributed by atoms with E-state index in [0.717, 1.165) is 50.1 Å². The molecule has 0 fully saturated rings. The number of ether oxygens (including phenoxy) is 1. The fraction of sp³-hybridized carbons (Fsp3) is 0.385. The number of hydrogen-bond acceptors (Lipinski definition) is 3. The monoisotopic (exact) mass is 764 g/mol. The number of fused-ring (bicyclic) bond motifs is 3. The second-order valence-electron chi connectivity index (χ2n) is 13.9. The SMILES string of the molecule is Cc1cc(C)c(-n2c3[c-]c(-c4cc(C(C)(C)C)ccn4)ccc3c3ccccc32)[c-]c1C1=N[C@H](C(C(C)C)C(C)C)CO1.[Pt+2]. The Morgan fingerprint density at radius 3 is 2.32 bits per heavy atom. The molecule has 230 valence electrons. The van der Waals surface area contributed by atoms with Crippen LogP contribution in [0.25, 0.3) is 38.8 Å². The molecule has 0 radical (unpaired) electrons. The van der Waals surface area contributed by atoms with Crippen molar-refractivity contribution >= 4 is 27.7 Å². The molecule has 5 aromatic rings. The van der Waals surface area contributed by atoms with E-state index in [4.69, 9.17) is 14.7 Å². The molecule has 0 saturated heterocycles. The zero-order valence-electron chi connectivity index (χ0n) is 27.4. The van der Waals surface area contributed by atoms with Crippen molar-refractivity contribution in [2.75, 3.05) is 6.61 Å². The number of hydrogen-bond donors (Lipinski definition) is 0. The summed E-state index contributed by atoms with van der Waals surface area (Å²) < 4.78 is 8.61. The third-order valence-electron chi connectivity index (χ3n) is 9.03.